The van der Waals surface area contributed by atoms with E-state index in [1.54, 1.807) is 12.1 Å². The highest BCUT2D eigenvalue weighted by molar-refractivity contribution is 5.80. The summed E-state index contributed by atoms with van der Waals surface area (Å²) in [6.45, 7) is -0.757. The second-order valence-corrected chi connectivity index (χ2v) is 6.45. The molecule has 0 aliphatic heterocycles. The molecule has 0 atom stereocenters. The molecule has 0 bridgehead atoms. The number of amides is 1. The molecule has 2 rings (SSSR count). The number of esters is 1. The van der Waals surface area contributed by atoms with Crippen molar-refractivity contribution in [2.45, 2.75) is 39.2 Å². The summed E-state index contributed by atoms with van der Waals surface area (Å²) in [7, 11) is 0. The second kappa shape index (κ2) is 11.8. The number of rotatable bonds is 11. The molecule has 2 aromatic rings. The maximum Gasteiger partial charge on any atom is 0.387 e. The molecular weight excluding hydrogens is 380 g/mol. The fourth-order valence-electron chi connectivity index (χ4n) is 2.64. The standard InChI is InChI=1S/C22H25F2NO4/c1-2-16-3-5-17(6-4-16)9-12-21(27)28-15-20(26)25-14-13-18-7-10-19(11-8-18)29-22(23)24/h3-8,10-11,22H,2,9,12-15H2,1H3,(H,25,26). The number of hydrogen-bond acceptors (Lipinski definition) is 4. The van der Waals surface area contributed by atoms with Crippen LogP contribution in [0.3, 0.4) is 0 Å². The highest BCUT2D eigenvalue weighted by Gasteiger charge is 2.08. The zero-order valence-electron chi connectivity index (χ0n) is 16.3. The minimum absolute atomic E-state index is 0.0843. The Kier molecular flexibility index (Phi) is 9.08. The van der Waals surface area contributed by atoms with Gasteiger partial charge in [-0.2, -0.15) is 8.78 Å². The lowest BCUT2D eigenvalue weighted by Gasteiger charge is -2.08. The van der Waals surface area contributed by atoms with E-state index in [1.807, 2.05) is 24.3 Å². The van der Waals surface area contributed by atoms with Crippen molar-refractivity contribution in [3.63, 3.8) is 0 Å². The van der Waals surface area contributed by atoms with Crippen molar-refractivity contribution < 1.29 is 27.8 Å². The van der Waals surface area contributed by atoms with Crippen LogP contribution in [0.2, 0.25) is 0 Å². The van der Waals surface area contributed by atoms with Crippen molar-refractivity contribution in [2.75, 3.05) is 13.2 Å². The lowest BCUT2D eigenvalue weighted by atomic mass is 10.1. The lowest BCUT2D eigenvalue weighted by Crippen LogP contribution is -2.30. The Morgan fingerprint density at radius 1 is 0.931 bits per heavy atom. The Bertz CT molecular complexity index is 776. The highest BCUT2D eigenvalue weighted by Crippen LogP contribution is 2.15. The van der Waals surface area contributed by atoms with Gasteiger partial charge in [0.1, 0.15) is 5.75 Å². The number of alkyl halides is 2. The molecule has 0 aliphatic carbocycles. The van der Waals surface area contributed by atoms with Crippen LogP contribution >= 0.6 is 0 Å². The number of aryl methyl sites for hydroxylation is 2. The van der Waals surface area contributed by atoms with Gasteiger partial charge in [-0.05, 0) is 48.1 Å². The highest BCUT2D eigenvalue weighted by atomic mass is 19.3. The molecule has 0 fully saturated rings. The number of hydrogen-bond donors (Lipinski definition) is 1. The summed E-state index contributed by atoms with van der Waals surface area (Å²) >= 11 is 0. The zero-order valence-corrected chi connectivity index (χ0v) is 16.3. The van der Waals surface area contributed by atoms with Crippen LogP contribution < -0.4 is 10.1 Å². The van der Waals surface area contributed by atoms with Crippen molar-refractivity contribution in [1.82, 2.24) is 5.32 Å². The van der Waals surface area contributed by atoms with E-state index >= 15 is 0 Å². The quantitative estimate of drug-likeness (QED) is 0.579. The zero-order chi connectivity index (χ0) is 21.1. The molecule has 0 unspecified atom stereocenters. The van der Waals surface area contributed by atoms with Gasteiger partial charge in [-0.25, -0.2) is 0 Å². The van der Waals surface area contributed by atoms with E-state index < -0.39 is 12.6 Å². The molecule has 0 radical (unpaired) electrons. The fourth-order valence-corrected chi connectivity index (χ4v) is 2.64. The van der Waals surface area contributed by atoms with Crippen LogP contribution in [0, 0.1) is 0 Å². The van der Waals surface area contributed by atoms with Gasteiger partial charge in [-0.15, -0.1) is 0 Å². The van der Waals surface area contributed by atoms with E-state index in [0.717, 1.165) is 17.5 Å². The minimum atomic E-state index is -2.86. The largest absolute Gasteiger partial charge is 0.456 e. The average Bonchev–Trinajstić information content (AvgIpc) is 2.72. The van der Waals surface area contributed by atoms with Gasteiger partial charge in [-0.3, -0.25) is 9.59 Å². The van der Waals surface area contributed by atoms with E-state index in [2.05, 4.69) is 17.0 Å². The van der Waals surface area contributed by atoms with Gasteiger partial charge in [0.25, 0.3) is 5.91 Å². The average molecular weight is 405 g/mol. The van der Waals surface area contributed by atoms with Crippen LogP contribution in [-0.2, 0) is 33.6 Å². The van der Waals surface area contributed by atoms with Crippen LogP contribution in [0.5, 0.6) is 5.75 Å². The Morgan fingerprint density at radius 3 is 2.14 bits per heavy atom. The summed E-state index contributed by atoms with van der Waals surface area (Å²) in [5, 5.41) is 2.65. The Balaban J connectivity index is 1.60. The van der Waals surface area contributed by atoms with Gasteiger partial charge in [0.05, 0.1) is 0 Å². The predicted molar refractivity (Wildman–Crippen MR) is 105 cm³/mol. The fraction of sp³-hybridized carbons (Fsp3) is 0.364. The Morgan fingerprint density at radius 2 is 1.52 bits per heavy atom. The van der Waals surface area contributed by atoms with Crippen molar-refractivity contribution in [1.29, 1.82) is 0 Å². The number of benzene rings is 2. The van der Waals surface area contributed by atoms with Gasteiger partial charge in [0.15, 0.2) is 6.61 Å². The third-order valence-corrected chi connectivity index (χ3v) is 4.30. The molecule has 2 aromatic carbocycles. The first-order valence-electron chi connectivity index (χ1n) is 9.50. The molecule has 0 spiro atoms. The molecule has 1 N–H and O–H groups in total. The summed E-state index contributed by atoms with van der Waals surface area (Å²) < 4.78 is 33.5. The summed E-state index contributed by atoms with van der Waals surface area (Å²) in [5.74, 6) is -0.723. The Labute approximate surface area is 169 Å². The summed E-state index contributed by atoms with van der Waals surface area (Å²) in [6, 6.07) is 14.2. The summed E-state index contributed by atoms with van der Waals surface area (Å²) in [6.07, 6.45) is 2.26. The van der Waals surface area contributed by atoms with Gasteiger partial charge in [0, 0.05) is 13.0 Å². The van der Waals surface area contributed by atoms with Crippen molar-refractivity contribution >= 4 is 11.9 Å². The van der Waals surface area contributed by atoms with Gasteiger partial charge < -0.3 is 14.8 Å². The van der Waals surface area contributed by atoms with Crippen molar-refractivity contribution in [2.24, 2.45) is 0 Å². The SMILES string of the molecule is CCc1ccc(CCC(=O)OCC(=O)NCCc2ccc(OC(F)F)cc2)cc1. The molecule has 0 aliphatic rings. The molecule has 0 saturated heterocycles. The molecule has 0 saturated carbocycles. The normalized spacial score (nSPS) is 10.6. The smallest absolute Gasteiger partial charge is 0.387 e. The first-order chi connectivity index (χ1) is 14.0. The van der Waals surface area contributed by atoms with E-state index in [0.29, 0.717) is 19.4 Å². The number of carbonyl (C=O) groups excluding carboxylic acids is 2. The van der Waals surface area contributed by atoms with E-state index in [-0.39, 0.29) is 24.7 Å². The van der Waals surface area contributed by atoms with Crippen LogP contribution in [-0.4, -0.2) is 31.6 Å². The van der Waals surface area contributed by atoms with Crippen molar-refractivity contribution in [3.8, 4) is 5.75 Å². The first-order valence-corrected chi connectivity index (χ1v) is 9.50. The Hall–Kier alpha value is -2.96. The van der Waals surface area contributed by atoms with Crippen LogP contribution in [0.1, 0.15) is 30.0 Å². The molecule has 1 amide bonds. The molecule has 0 aromatic heterocycles. The maximum absolute atomic E-state index is 12.1. The van der Waals surface area contributed by atoms with E-state index in [4.69, 9.17) is 4.74 Å². The molecule has 7 heteroatoms. The minimum Gasteiger partial charge on any atom is -0.456 e. The molecular formula is C22H25F2NO4. The molecule has 156 valence electrons. The molecule has 29 heavy (non-hydrogen) atoms. The third-order valence-electron chi connectivity index (χ3n) is 4.30. The number of ether oxygens (including phenoxy) is 2. The van der Waals surface area contributed by atoms with E-state index in [9.17, 15) is 18.4 Å². The number of halogens is 2. The van der Waals surface area contributed by atoms with E-state index in [1.165, 1.54) is 17.7 Å². The number of nitrogens with one attached hydrogen (secondary N) is 1. The summed E-state index contributed by atoms with van der Waals surface area (Å²) in [4.78, 5) is 23.5. The van der Waals surface area contributed by atoms with Gasteiger partial charge in [-0.1, -0.05) is 43.3 Å². The number of carbonyl (C=O) groups is 2. The van der Waals surface area contributed by atoms with Crippen molar-refractivity contribution in [3.05, 3.63) is 65.2 Å². The third kappa shape index (κ3) is 8.72. The monoisotopic (exact) mass is 405 g/mol. The van der Waals surface area contributed by atoms with Crippen LogP contribution in [0.4, 0.5) is 8.78 Å². The lowest BCUT2D eigenvalue weighted by molar-refractivity contribution is -0.148. The van der Waals surface area contributed by atoms with Gasteiger partial charge >= 0.3 is 12.6 Å². The first kappa shape index (κ1) is 22.3. The summed E-state index contributed by atoms with van der Waals surface area (Å²) in [5.41, 5.74) is 3.15. The van der Waals surface area contributed by atoms with Crippen LogP contribution in [0.15, 0.2) is 48.5 Å². The topological polar surface area (TPSA) is 64.6 Å². The van der Waals surface area contributed by atoms with Gasteiger partial charge in [0.2, 0.25) is 0 Å². The van der Waals surface area contributed by atoms with Crippen LogP contribution in [0.25, 0.3) is 0 Å². The molecule has 0 heterocycles. The maximum atomic E-state index is 12.1. The second-order valence-electron chi connectivity index (χ2n) is 6.45. The predicted octanol–water partition coefficient (Wildman–Crippen LogP) is 3.69. The molecule has 5 nitrogen and oxygen atoms in total.